The second-order valence-corrected chi connectivity index (χ2v) is 8.78. The molecule has 180 valence electrons. The van der Waals surface area contributed by atoms with E-state index in [2.05, 4.69) is 0 Å². The number of hydrogen-bond donors (Lipinski definition) is 0. The third-order valence-corrected chi connectivity index (χ3v) is 6.79. The number of fused-ring (bicyclic) bond motifs is 2. The number of ketones is 1. The largest absolute Gasteiger partial charge is 0.497 e. The summed E-state index contributed by atoms with van der Waals surface area (Å²) in [4.78, 5) is 63.9. The van der Waals surface area contributed by atoms with Gasteiger partial charge in [0, 0.05) is 38.1 Å². The van der Waals surface area contributed by atoms with E-state index in [1.54, 1.807) is 18.2 Å². The number of nitro groups is 1. The number of imide groups is 1. The van der Waals surface area contributed by atoms with Crippen LogP contribution < -0.4 is 9.47 Å². The topological polar surface area (TPSA) is 136 Å². The van der Waals surface area contributed by atoms with Crippen LogP contribution in [0, 0.1) is 10.1 Å². The van der Waals surface area contributed by atoms with Gasteiger partial charge < -0.3 is 14.4 Å². The van der Waals surface area contributed by atoms with Crippen molar-refractivity contribution in [3.8, 4) is 11.5 Å². The first-order valence-electron chi connectivity index (χ1n) is 11.0. The van der Waals surface area contributed by atoms with Crippen LogP contribution in [0.4, 0.5) is 5.69 Å². The number of nitro benzene ring substituents is 1. The number of benzene rings is 2. The minimum absolute atomic E-state index is 0.0405. The molecule has 5 rings (SSSR count). The lowest BCUT2D eigenvalue weighted by atomic mass is 9.82. The van der Waals surface area contributed by atoms with E-state index >= 15 is 0 Å². The Morgan fingerprint density at radius 1 is 1.11 bits per heavy atom. The van der Waals surface area contributed by atoms with Crippen molar-refractivity contribution in [2.45, 2.75) is 24.9 Å². The zero-order valence-corrected chi connectivity index (χ0v) is 18.8. The quantitative estimate of drug-likeness (QED) is 0.370. The van der Waals surface area contributed by atoms with E-state index in [-0.39, 0.29) is 36.4 Å². The zero-order valence-electron chi connectivity index (χ0n) is 18.8. The molecule has 0 atom stereocenters. The summed E-state index contributed by atoms with van der Waals surface area (Å²) in [6.45, 7) is 0.0276. The molecule has 0 unspecified atom stereocenters. The molecule has 11 nitrogen and oxygen atoms in total. The van der Waals surface area contributed by atoms with Gasteiger partial charge in [-0.15, -0.1) is 0 Å². The average molecular weight is 479 g/mol. The molecule has 0 radical (unpaired) electrons. The van der Waals surface area contributed by atoms with Crippen LogP contribution in [-0.2, 0) is 4.79 Å². The number of carbonyl (C=O) groups excluding carboxylic acids is 4. The third kappa shape index (κ3) is 3.69. The molecule has 0 N–H and O–H groups in total. The predicted octanol–water partition coefficient (Wildman–Crippen LogP) is 2.23. The van der Waals surface area contributed by atoms with Crippen LogP contribution in [-0.4, -0.2) is 70.6 Å². The van der Waals surface area contributed by atoms with Gasteiger partial charge in [0.1, 0.15) is 29.2 Å². The van der Waals surface area contributed by atoms with Crippen LogP contribution in [0.3, 0.4) is 0 Å². The predicted molar refractivity (Wildman–Crippen MR) is 120 cm³/mol. The van der Waals surface area contributed by atoms with E-state index in [0.29, 0.717) is 29.9 Å². The normalized spacial score (nSPS) is 18.3. The maximum Gasteiger partial charge on any atom is 0.282 e. The summed E-state index contributed by atoms with van der Waals surface area (Å²) in [7, 11) is 1.53. The fourth-order valence-corrected chi connectivity index (χ4v) is 4.89. The zero-order chi connectivity index (χ0) is 24.9. The highest BCUT2D eigenvalue weighted by atomic mass is 16.6. The number of ether oxygens (including phenoxy) is 2. The average Bonchev–Trinajstić information content (AvgIpc) is 3.08. The minimum atomic E-state index is -0.856. The first-order chi connectivity index (χ1) is 16.7. The van der Waals surface area contributed by atoms with Crippen LogP contribution in [0.25, 0.3) is 0 Å². The van der Waals surface area contributed by atoms with Gasteiger partial charge in [0.2, 0.25) is 5.91 Å². The van der Waals surface area contributed by atoms with Crippen molar-refractivity contribution < 1.29 is 33.6 Å². The number of hydrogen-bond acceptors (Lipinski definition) is 8. The number of carbonyl (C=O) groups is 4. The number of methoxy groups -OCH3 is 1. The lowest BCUT2D eigenvalue weighted by Crippen LogP contribution is -2.54. The lowest BCUT2D eigenvalue weighted by Gasteiger charge is -2.44. The highest BCUT2D eigenvalue weighted by Crippen LogP contribution is 2.41. The number of amides is 3. The number of likely N-dealkylation sites (tertiary alicyclic amines) is 1. The fraction of sp³-hybridized carbons (Fsp3) is 0.333. The molecule has 0 aromatic heterocycles. The molecule has 1 spiro atoms. The van der Waals surface area contributed by atoms with Crippen molar-refractivity contribution in [3.63, 3.8) is 0 Å². The summed E-state index contributed by atoms with van der Waals surface area (Å²) < 4.78 is 11.4. The van der Waals surface area contributed by atoms with E-state index < -0.39 is 40.5 Å². The minimum Gasteiger partial charge on any atom is -0.497 e. The molecule has 1 saturated heterocycles. The Hall–Kier alpha value is -4.28. The molecular formula is C24H21N3O8. The molecule has 3 amide bonds. The fourth-order valence-electron chi connectivity index (χ4n) is 4.89. The number of rotatable bonds is 4. The molecule has 0 aliphatic carbocycles. The molecule has 3 aliphatic rings. The lowest BCUT2D eigenvalue weighted by molar-refractivity contribution is -0.385. The van der Waals surface area contributed by atoms with Crippen LogP contribution in [0.15, 0.2) is 36.4 Å². The summed E-state index contributed by atoms with van der Waals surface area (Å²) in [5.41, 5.74) is -1.10. The van der Waals surface area contributed by atoms with Gasteiger partial charge in [0.25, 0.3) is 17.5 Å². The number of piperidine rings is 1. The van der Waals surface area contributed by atoms with Crippen LogP contribution in [0.1, 0.15) is 50.3 Å². The molecule has 11 heteroatoms. The third-order valence-electron chi connectivity index (χ3n) is 6.79. The number of nitrogens with zero attached hydrogens (tertiary/aromatic N) is 3. The second kappa shape index (κ2) is 8.19. The smallest absolute Gasteiger partial charge is 0.282 e. The Bertz CT molecular complexity index is 1300. The maximum atomic E-state index is 13.0. The highest BCUT2D eigenvalue weighted by Gasteiger charge is 2.45. The van der Waals surface area contributed by atoms with Gasteiger partial charge in [-0.3, -0.25) is 34.2 Å². The van der Waals surface area contributed by atoms with E-state index in [0.717, 1.165) is 11.0 Å². The van der Waals surface area contributed by atoms with Gasteiger partial charge in [0.05, 0.1) is 29.6 Å². The molecule has 35 heavy (non-hydrogen) atoms. The van der Waals surface area contributed by atoms with Gasteiger partial charge in [-0.2, -0.15) is 0 Å². The molecule has 2 aromatic carbocycles. The van der Waals surface area contributed by atoms with Crippen molar-refractivity contribution in [2.75, 3.05) is 26.7 Å². The second-order valence-electron chi connectivity index (χ2n) is 8.78. The van der Waals surface area contributed by atoms with Gasteiger partial charge >= 0.3 is 0 Å². The van der Waals surface area contributed by atoms with Gasteiger partial charge in [-0.05, 0) is 18.2 Å². The summed E-state index contributed by atoms with van der Waals surface area (Å²) in [5.74, 6) is -1.06. The Balaban J connectivity index is 1.27. The molecule has 2 aromatic rings. The van der Waals surface area contributed by atoms with Gasteiger partial charge in [0.15, 0.2) is 5.78 Å². The first kappa shape index (κ1) is 22.5. The van der Waals surface area contributed by atoms with Crippen molar-refractivity contribution in [1.82, 2.24) is 9.80 Å². The van der Waals surface area contributed by atoms with Crippen molar-refractivity contribution >= 4 is 29.2 Å². The van der Waals surface area contributed by atoms with Crippen molar-refractivity contribution in [3.05, 3.63) is 63.2 Å². The monoisotopic (exact) mass is 479 g/mol. The van der Waals surface area contributed by atoms with Crippen LogP contribution in [0.2, 0.25) is 0 Å². The first-order valence-corrected chi connectivity index (χ1v) is 11.0. The molecule has 1 fully saturated rings. The summed E-state index contributed by atoms with van der Waals surface area (Å²) in [6, 6.07) is 8.87. The van der Waals surface area contributed by atoms with Crippen molar-refractivity contribution in [1.29, 1.82) is 0 Å². The maximum absolute atomic E-state index is 13.0. The van der Waals surface area contributed by atoms with E-state index in [1.165, 1.54) is 24.1 Å². The molecule has 3 aliphatic heterocycles. The summed E-state index contributed by atoms with van der Waals surface area (Å²) in [6.07, 6.45) is 0.986. The summed E-state index contributed by atoms with van der Waals surface area (Å²) in [5, 5.41) is 11.3. The Labute approximate surface area is 199 Å². The number of Topliss-reactive ketones (excluding diaryl/α,β-unsaturated/α-hetero) is 1. The Kier molecular flexibility index (Phi) is 5.27. The molecule has 3 heterocycles. The van der Waals surface area contributed by atoms with Crippen LogP contribution >= 0.6 is 0 Å². The summed E-state index contributed by atoms with van der Waals surface area (Å²) >= 11 is 0. The molecular weight excluding hydrogens is 458 g/mol. The molecule has 0 saturated carbocycles. The molecule has 0 bridgehead atoms. The van der Waals surface area contributed by atoms with E-state index in [4.69, 9.17) is 9.47 Å². The van der Waals surface area contributed by atoms with E-state index in [9.17, 15) is 29.3 Å². The Morgan fingerprint density at radius 3 is 2.54 bits per heavy atom. The van der Waals surface area contributed by atoms with E-state index in [1.807, 2.05) is 0 Å². The highest BCUT2D eigenvalue weighted by molar-refractivity contribution is 6.24. The Morgan fingerprint density at radius 2 is 1.86 bits per heavy atom. The van der Waals surface area contributed by atoms with Gasteiger partial charge in [-0.1, -0.05) is 6.07 Å². The van der Waals surface area contributed by atoms with Crippen molar-refractivity contribution in [2.24, 2.45) is 0 Å². The van der Waals surface area contributed by atoms with Crippen LogP contribution in [0.5, 0.6) is 11.5 Å². The SMILES string of the molecule is COc1ccc2c(c1)OC1(CCN(C(=O)CN3C(=O)c4cccc([N+](=O)[O-])c4C3=O)CC1)CC2=O. The standard InChI is InChI=1S/C24H21N3O8/c1-34-14-5-6-15-18(28)12-24(35-19(15)11-14)7-9-25(10-8-24)20(29)13-26-22(30)16-3-2-4-17(27(32)33)21(16)23(26)31/h2-6,11H,7-10,12-13H2,1H3. The van der Waals surface area contributed by atoms with Gasteiger partial charge in [-0.25, -0.2) is 0 Å².